The summed E-state index contributed by atoms with van der Waals surface area (Å²) in [6.45, 7) is 19.9. The number of thiophene rings is 1. The lowest BCUT2D eigenvalue weighted by atomic mass is 9.83. The highest BCUT2D eigenvalue weighted by atomic mass is 32.1. The molecule has 1 aliphatic rings. The standard InChI is InChI=1S/C32H33NS/c1-19-13-21(3)31(22(4)14-19)23-9-10-25-27-18-26(20(2)15-29(27)34-30(25)16-23)28-17-24(32(5,6)7)11-12-33(28)8/h9-18H,8H2,1-7H3. The number of fused-ring (bicyclic) bond motifs is 3. The van der Waals surface area contributed by atoms with Gasteiger partial charge in [0.05, 0.1) is 6.72 Å². The van der Waals surface area contributed by atoms with Gasteiger partial charge in [0, 0.05) is 0 Å². The van der Waals surface area contributed by atoms with Gasteiger partial charge in [-0.3, -0.25) is 4.58 Å². The Morgan fingerprint density at radius 3 is 2.29 bits per heavy atom. The fourth-order valence-corrected chi connectivity index (χ4v) is 6.44. The highest BCUT2D eigenvalue weighted by molar-refractivity contribution is 7.25. The fourth-order valence-electron chi connectivity index (χ4n) is 5.22. The minimum Gasteiger partial charge on any atom is -0.255 e. The van der Waals surface area contributed by atoms with Gasteiger partial charge in [0.1, 0.15) is 28.3 Å². The Morgan fingerprint density at radius 2 is 1.62 bits per heavy atom. The molecule has 1 aromatic heterocycles. The number of benzene rings is 3. The Bertz CT molecular complexity index is 1510. The highest BCUT2D eigenvalue weighted by Gasteiger charge is 2.24. The van der Waals surface area contributed by atoms with Crippen molar-refractivity contribution in [2.24, 2.45) is 5.41 Å². The van der Waals surface area contributed by atoms with Crippen LogP contribution in [0.2, 0.25) is 0 Å². The van der Waals surface area contributed by atoms with E-state index in [1.54, 1.807) is 0 Å². The molecular formula is C32H33NS. The van der Waals surface area contributed by atoms with Crippen LogP contribution < -0.4 is 0 Å². The maximum atomic E-state index is 4.28. The minimum absolute atomic E-state index is 0.0960. The normalized spacial score (nSPS) is 14.4. The molecule has 0 saturated heterocycles. The molecule has 172 valence electrons. The van der Waals surface area contributed by atoms with Crippen LogP contribution in [-0.2, 0) is 0 Å². The fraction of sp³-hybridized carbons (Fsp3) is 0.250. The second-order valence-electron chi connectivity index (χ2n) is 10.8. The first kappa shape index (κ1) is 22.7. The molecule has 0 amide bonds. The van der Waals surface area contributed by atoms with Gasteiger partial charge < -0.3 is 0 Å². The van der Waals surface area contributed by atoms with Crippen molar-refractivity contribution in [1.82, 2.24) is 0 Å². The molecule has 1 nitrogen and oxygen atoms in total. The van der Waals surface area contributed by atoms with Crippen LogP contribution >= 0.6 is 11.3 Å². The van der Waals surface area contributed by atoms with E-state index in [1.807, 2.05) is 15.9 Å². The highest BCUT2D eigenvalue weighted by Crippen LogP contribution is 2.41. The van der Waals surface area contributed by atoms with E-state index in [-0.39, 0.29) is 5.41 Å². The van der Waals surface area contributed by atoms with Crippen LogP contribution in [0.15, 0.2) is 66.4 Å². The minimum atomic E-state index is 0.0960. The lowest BCUT2D eigenvalue weighted by molar-refractivity contribution is -0.418. The van der Waals surface area contributed by atoms with Crippen molar-refractivity contribution in [3.8, 4) is 11.1 Å². The van der Waals surface area contributed by atoms with Gasteiger partial charge in [-0.1, -0.05) is 102 Å². The van der Waals surface area contributed by atoms with Gasteiger partial charge in [-0.15, -0.1) is 18.2 Å². The summed E-state index contributed by atoms with van der Waals surface area (Å²) in [4.78, 5) is 0. The number of hydrogen-bond acceptors (Lipinski definition) is 0. The van der Waals surface area contributed by atoms with E-state index < -0.39 is 0 Å². The van der Waals surface area contributed by atoms with Crippen molar-refractivity contribution in [2.75, 3.05) is 0 Å². The van der Waals surface area contributed by atoms with E-state index in [9.17, 15) is 0 Å². The molecule has 0 bridgehead atoms. The Morgan fingerprint density at radius 1 is 0.912 bits per heavy atom. The summed E-state index contributed by atoms with van der Waals surface area (Å²) in [5, 5.41) is 2.65. The van der Waals surface area contributed by atoms with Gasteiger partial charge in [0.2, 0.25) is 0 Å². The first-order valence-electron chi connectivity index (χ1n) is 12.0. The van der Waals surface area contributed by atoms with Gasteiger partial charge >= 0.3 is 0 Å². The van der Waals surface area contributed by atoms with Crippen LogP contribution in [0, 0.1) is 39.2 Å². The van der Waals surface area contributed by atoms with Gasteiger partial charge in [0.25, 0.3) is 0 Å². The molecular weight excluding hydrogens is 430 g/mol. The summed E-state index contributed by atoms with van der Waals surface area (Å²) in [5.74, 6) is 0. The zero-order chi connectivity index (χ0) is 24.4. The van der Waals surface area contributed by atoms with Crippen LogP contribution in [0.25, 0.3) is 31.3 Å². The Labute approximate surface area is 207 Å². The van der Waals surface area contributed by atoms with Crippen LogP contribution in [0.1, 0.15) is 48.6 Å². The number of allylic oxidation sites excluding steroid dienone is 2. The van der Waals surface area contributed by atoms with Crippen molar-refractivity contribution in [2.45, 2.75) is 48.5 Å². The molecule has 34 heavy (non-hydrogen) atoms. The lowest BCUT2D eigenvalue weighted by Gasteiger charge is -2.28. The van der Waals surface area contributed by atoms with Crippen LogP contribution in [0.4, 0.5) is 0 Å². The maximum absolute atomic E-state index is 4.28. The van der Waals surface area contributed by atoms with Crippen LogP contribution in [0.5, 0.6) is 0 Å². The van der Waals surface area contributed by atoms with E-state index in [0.29, 0.717) is 0 Å². The van der Waals surface area contributed by atoms with Gasteiger partial charge in [-0.25, -0.2) is 0 Å². The molecule has 0 radical (unpaired) electrons. The summed E-state index contributed by atoms with van der Waals surface area (Å²) < 4.78 is 4.68. The van der Waals surface area contributed by atoms with Crippen molar-refractivity contribution in [3.63, 3.8) is 0 Å². The molecule has 0 fully saturated rings. The molecule has 0 N–H and O–H groups in total. The lowest BCUT2D eigenvalue weighted by Crippen LogP contribution is -2.20. The van der Waals surface area contributed by atoms with Crippen molar-refractivity contribution < 1.29 is 4.58 Å². The SMILES string of the molecule is C=[N+]1C=CC(C(C)(C)C)=C[C-]1c1cc2c(cc1C)[s+][c-]1cc(-c3c(C)cc(C)cc3C)ccc21. The number of hydrogen-bond donors (Lipinski definition) is 0. The predicted molar refractivity (Wildman–Crippen MR) is 150 cm³/mol. The topological polar surface area (TPSA) is 3.01 Å². The van der Waals surface area contributed by atoms with E-state index in [4.69, 9.17) is 0 Å². The molecule has 0 unspecified atom stereocenters. The Hall–Kier alpha value is -3.10. The van der Waals surface area contributed by atoms with E-state index in [0.717, 1.165) is 6.04 Å². The molecule has 0 aliphatic carbocycles. The van der Waals surface area contributed by atoms with E-state index >= 15 is 0 Å². The molecule has 0 atom stereocenters. The molecule has 0 saturated carbocycles. The second kappa shape index (κ2) is 7.99. The monoisotopic (exact) mass is 463 g/mol. The Balaban J connectivity index is 1.65. The van der Waals surface area contributed by atoms with Crippen molar-refractivity contribution in [1.29, 1.82) is 0 Å². The zero-order valence-electron chi connectivity index (χ0n) is 21.3. The summed E-state index contributed by atoms with van der Waals surface area (Å²) in [7, 11) is 0. The molecule has 2 heterocycles. The van der Waals surface area contributed by atoms with Gasteiger partial charge in [-0.2, -0.15) is 0 Å². The number of nitrogens with zero attached hydrogens (tertiary/aromatic N) is 1. The average molecular weight is 464 g/mol. The van der Waals surface area contributed by atoms with Crippen molar-refractivity contribution in [3.05, 3.63) is 100 Å². The zero-order valence-corrected chi connectivity index (χ0v) is 22.2. The summed E-state index contributed by atoms with van der Waals surface area (Å²) >= 11 is 1.89. The average Bonchev–Trinajstić information content (AvgIpc) is 3.08. The predicted octanol–water partition coefficient (Wildman–Crippen LogP) is 9.05. The first-order chi connectivity index (χ1) is 16.0. The van der Waals surface area contributed by atoms with Gasteiger partial charge in [-0.05, 0) is 43.4 Å². The van der Waals surface area contributed by atoms with Crippen LogP contribution in [0.3, 0.4) is 0 Å². The Kier molecular flexibility index (Phi) is 5.33. The largest absolute Gasteiger partial charge is 0.255 e. The molecule has 5 rings (SSSR count). The van der Waals surface area contributed by atoms with E-state index in [2.05, 4.69) is 116 Å². The number of aryl methyl sites for hydroxylation is 4. The third kappa shape index (κ3) is 3.80. The quantitative estimate of drug-likeness (QED) is 0.158. The van der Waals surface area contributed by atoms with Gasteiger partial charge in [0.15, 0.2) is 4.70 Å². The smallest absolute Gasteiger partial charge is 0.159 e. The summed E-state index contributed by atoms with van der Waals surface area (Å²) in [6.07, 6.45) is 6.57. The summed E-state index contributed by atoms with van der Waals surface area (Å²) in [5.41, 5.74) is 10.6. The van der Waals surface area contributed by atoms with E-state index in [1.165, 1.54) is 64.7 Å². The molecule has 3 aromatic carbocycles. The molecule has 2 heteroatoms. The molecule has 0 spiro atoms. The maximum Gasteiger partial charge on any atom is 0.159 e. The summed E-state index contributed by atoms with van der Waals surface area (Å²) in [6, 6.07) is 17.4. The number of rotatable bonds is 2. The van der Waals surface area contributed by atoms with Crippen molar-refractivity contribution >= 4 is 38.2 Å². The first-order valence-corrected chi connectivity index (χ1v) is 12.8. The molecule has 4 aromatic rings. The molecule has 1 aliphatic heterocycles. The third-order valence-corrected chi connectivity index (χ3v) is 8.08. The second-order valence-corrected chi connectivity index (χ2v) is 11.9. The third-order valence-electron chi connectivity index (χ3n) is 6.96. The van der Waals surface area contributed by atoms with Crippen LogP contribution in [-0.4, -0.2) is 11.3 Å².